The van der Waals surface area contributed by atoms with Gasteiger partial charge in [-0.05, 0) is 25.8 Å². The number of anilines is 1. The zero-order valence-electron chi connectivity index (χ0n) is 14.0. The van der Waals surface area contributed by atoms with E-state index in [1.54, 1.807) is 0 Å². The van der Waals surface area contributed by atoms with E-state index in [9.17, 15) is 5.26 Å². The zero-order valence-corrected chi connectivity index (χ0v) is 14.0. The van der Waals surface area contributed by atoms with Gasteiger partial charge in [0.05, 0.1) is 12.2 Å². The Morgan fingerprint density at radius 2 is 2.09 bits per heavy atom. The van der Waals surface area contributed by atoms with Gasteiger partial charge in [0.25, 0.3) is 0 Å². The quantitative estimate of drug-likeness (QED) is 0.933. The number of hydrogen-bond acceptors (Lipinski definition) is 6. The Morgan fingerprint density at radius 1 is 1.30 bits per heavy atom. The van der Waals surface area contributed by atoms with Gasteiger partial charge in [-0.15, -0.1) is 5.10 Å². The molecule has 0 fully saturated rings. The number of nitrogens with zero attached hydrogens (tertiary/aromatic N) is 6. The predicted octanol–water partition coefficient (Wildman–Crippen LogP) is 2.11. The van der Waals surface area contributed by atoms with E-state index >= 15 is 0 Å². The number of hydrogen-bond donors (Lipinski definition) is 1. The minimum atomic E-state index is 0.174. The van der Waals surface area contributed by atoms with Gasteiger partial charge in [0.1, 0.15) is 17.5 Å². The molecular formula is C16H21N7. The number of aromatic nitrogens is 5. The van der Waals surface area contributed by atoms with E-state index in [0.29, 0.717) is 17.3 Å². The van der Waals surface area contributed by atoms with Gasteiger partial charge in [0.2, 0.25) is 0 Å². The minimum absolute atomic E-state index is 0.174. The summed E-state index contributed by atoms with van der Waals surface area (Å²) in [7, 11) is 0. The summed E-state index contributed by atoms with van der Waals surface area (Å²) in [6, 6.07) is 2.41. The van der Waals surface area contributed by atoms with Crippen molar-refractivity contribution in [2.24, 2.45) is 0 Å². The molecule has 2 aromatic rings. The van der Waals surface area contributed by atoms with Crippen LogP contribution in [0.15, 0.2) is 0 Å². The van der Waals surface area contributed by atoms with Crippen molar-refractivity contribution in [3.63, 3.8) is 0 Å². The lowest BCUT2D eigenvalue weighted by Crippen LogP contribution is -2.32. The van der Waals surface area contributed by atoms with Crippen molar-refractivity contribution in [1.29, 1.82) is 5.26 Å². The van der Waals surface area contributed by atoms with E-state index in [0.717, 1.165) is 42.3 Å². The monoisotopic (exact) mass is 311 g/mol. The summed E-state index contributed by atoms with van der Waals surface area (Å²) in [5.74, 6) is 2.83. The van der Waals surface area contributed by atoms with Crippen LogP contribution in [-0.2, 0) is 13.0 Å². The lowest BCUT2D eigenvalue weighted by atomic mass is 10.1. The fourth-order valence-electron chi connectivity index (χ4n) is 2.73. The third kappa shape index (κ3) is 2.89. The minimum Gasteiger partial charge on any atom is -0.363 e. The Morgan fingerprint density at radius 3 is 2.78 bits per heavy atom. The highest BCUT2D eigenvalue weighted by Gasteiger charge is 2.24. The second kappa shape index (κ2) is 5.95. The standard InChI is InChI=1S/C16H21N7/c1-9(2)15-19-14-6-5-12(8-23(14)22-15)18-16-13(7-17)10(3)11(4)20-21-16/h9,12H,5-6,8H2,1-4H3,(H,18,21)/t12-/m1/s1. The zero-order chi connectivity index (χ0) is 16.6. The summed E-state index contributed by atoms with van der Waals surface area (Å²) >= 11 is 0. The Balaban J connectivity index is 1.80. The number of fused-ring (bicyclic) bond motifs is 1. The SMILES string of the molecule is Cc1nnc(N[C@@H]2CCc3nc(C(C)C)nn3C2)c(C#N)c1C. The molecule has 0 bridgehead atoms. The van der Waals surface area contributed by atoms with E-state index in [1.807, 2.05) is 18.5 Å². The van der Waals surface area contributed by atoms with Crippen LogP contribution in [0.2, 0.25) is 0 Å². The second-order valence-corrected chi connectivity index (χ2v) is 6.35. The maximum Gasteiger partial charge on any atom is 0.167 e. The first-order valence-corrected chi connectivity index (χ1v) is 7.93. The number of aryl methyl sites for hydroxylation is 2. The van der Waals surface area contributed by atoms with E-state index in [2.05, 4.69) is 45.5 Å². The number of rotatable bonds is 3. The molecule has 0 spiro atoms. The summed E-state index contributed by atoms with van der Waals surface area (Å²) in [6.07, 6.45) is 1.81. The first-order chi connectivity index (χ1) is 11.0. The average Bonchev–Trinajstić information content (AvgIpc) is 2.95. The van der Waals surface area contributed by atoms with Gasteiger partial charge in [-0.3, -0.25) is 0 Å². The lowest BCUT2D eigenvalue weighted by molar-refractivity contribution is 0.438. The Kier molecular flexibility index (Phi) is 3.99. The van der Waals surface area contributed by atoms with Gasteiger partial charge in [0.15, 0.2) is 11.6 Å². The fraction of sp³-hybridized carbons (Fsp3) is 0.562. The highest BCUT2D eigenvalue weighted by Crippen LogP contribution is 2.22. The average molecular weight is 311 g/mol. The van der Waals surface area contributed by atoms with E-state index in [-0.39, 0.29) is 6.04 Å². The molecule has 1 N–H and O–H groups in total. The van der Waals surface area contributed by atoms with Crippen LogP contribution in [-0.4, -0.2) is 31.0 Å². The van der Waals surface area contributed by atoms with Crippen LogP contribution in [0.1, 0.15) is 54.7 Å². The lowest BCUT2D eigenvalue weighted by Gasteiger charge is -2.24. The predicted molar refractivity (Wildman–Crippen MR) is 86.1 cm³/mol. The van der Waals surface area contributed by atoms with Gasteiger partial charge in [0, 0.05) is 18.4 Å². The molecule has 2 aromatic heterocycles. The van der Waals surface area contributed by atoms with Crippen molar-refractivity contribution in [3.05, 3.63) is 28.5 Å². The third-order valence-corrected chi connectivity index (χ3v) is 4.30. The van der Waals surface area contributed by atoms with Gasteiger partial charge in [-0.1, -0.05) is 13.8 Å². The second-order valence-electron chi connectivity index (χ2n) is 6.35. The maximum atomic E-state index is 9.39. The fourth-order valence-corrected chi connectivity index (χ4v) is 2.73. The molecule has 120 valence electrons. The molecule has 0 aliphatic carbocycles. The van der Waals surface area contributed by atoms with Crippen molar-refractivity contribution in [3.8, 4) is 6.07 Å². The molecule has 1 atom stereocenters. The summed E-state index contributed by atoms with van der Waals surface area (Å²) in [5.41, 5.74) is 2.24. The first kappa shape index (κ1) is 15.4. The van der Waals surface area contributed by atoms with Crippen molar-refractivity contribution in [2.45, 2.75) is 59.0 Å². The van der Waals surface area contributed by atoms with Crippen LogP contribution in [0.4, 0.5) is 5.82 Å². The first-order valence-electron chi connectivity index (χ1n) is 7.93. The topological polar surface area (TPSA) is 92.3 Å². The molecule has 0 amide bonds. The molecule has 0 saturated carbocycles. The van der Waals surface area contributed by atoms with Crippen LogP contribution < -0.4 is 5.32 Å². The summed E-state index contributed by atoms with van der Waals surface area (Å²) in [4.78, 5) is 4.59. The normalized spacial score (nSPS) is 17.0. The van der Waals surface area contributed by atoms with Gasteiger partial charge >= 0.3 is 0 Å². The molecule has 3 heterocycles. The molecule has 1 aliphatic heterocycles. The van der Waals surface area contributed by atoms with E-state index in [4.69, 9.17) is 0 Å². The van der Waals surface area contributed by atoms with Crippen LogP contribution in [0, 0.1) is 25.2 Å². The maximum absolute atomic E-state index is 9.39. The van der Waals surface area contributed by atoms with Crippen molar-refractivity contribution in [1.82, 2.24) is 25.0 Å². The van der Waals surface area contributed by atoms with Crippen LogP contribution in [0.5, 0.6) is 0 Å². The van der Waals surface area contributed by atoms with Crippen molar-refractivity contribution in [2.75, 3.05) is 5.32 Å². The van der Waals surface area contributed by atoms with E-state index < -0.39 is 0 Å². The molecule has 0 aromatic carbocycles. The molecule has 7 heteroatoms. The molecule has 23 heavy (non-hydrogen) atoms. The highest BCUT2D eigenvalue weighted by atomic mass is 15.4. The molecule has 3 rings (SSSR count). The summed E-state index contributed by atoms with van der Waals surface area (Å²) in [5, 5.41) is 25.6. The summed E-state index contributed by atoms with van der Waals surface area (Å²) < 4.78 is 1.97. The van der Waals surface area contributed by atoms with E-state index in [1.165, 1.54) is 0 Å². The number of nitriles is 1. The van der Waals surface area contributed by atoms with Crippen LogP contribution in [0.25, 0.3) is 0 Å². The molecule has 0 unspecified atom stereocenters. The van der Waals surface area contributed by atoms with Crippen molar-refractivity contribution >= 4 is 5.82 Å². The van der Waals surface area contributed by atoms with Gasteiger partial charge in [-0.2, -0.15) is 15.5 Å². The summed E-state index contributed by atoms with van der Waals surface area (Å²) in [6.45, 7) is 8.69. The third-order valence-electron chi connectivity index (χ3n) is 4.30. The van der Waals surface area contributed by atoms with Crippen molar-refractivity contribution < 1.29 is 0 Å². The highest BCUT2D eigenvalue weighted by molar-refractivity contribution is 5.56. The molecular weight excluding hydrogens is 290 g/mol. The Hall–Kier alpha value is -2.49. The molecule has 0 saturated heterocycles. The molecule has 0 radical (unpaired) electrons. The molecule has 1 aliphatic rings. The number of nitrogens with one attached hydrogen (secondary N) is 1. The van der Waals surface area contributed by atoms with Gasteiger partial charge in [-0.25, -0.2) is 9.67 Å². The molecule has 7 nitrogen and oxygen atoms in total. The Bertz CT molecular complexity index is 769. The van der Waals surface area contributed by atoms with Crippen LogP contribution in [0.3, 0.4) is 0 Å². The largest absolute Gasteiger partial charge is 0.363 e. The Labute approximate surface area is 135 Å². The van der Waals surface area contributed by atoms with Gasteiger partial charge < -0.3 is 5.32 Å². The van der Waals surface area contributed by atoms with Crippen LogP contribution >= 0.6 is 0 Å². The smallest absolute Gasteiger partial charge is 0.167 e.